The third-order valence-electron chi connectivity index (χ3n) is 6.29. The number of nitrogens with zero attached hydrogens (tertiary/aromatic N) is 3. The van der Waals surface area contributed by atoms with Gasteiger partial charge in [-0.05, 0) is 37.8 Å². The van der Waals surface area contributed by atoms with E-state index in [4.69, 9.17) is 4.74 Å². The van der Waals surface area contributed by atoms with E-state index in [1.165, 1.54) is 24.0 Å². The number of rotatable bonds is 9. The number of esters is 1. The summed E-state index contributed by atoms with van der Waals surface area (Å²) in [6.45, 7) is 5.03. The van der Waals surface area contributed by atoms with Gasteiger partial charge in [-0.15, -0.1) is 12.4 Å². The molecular formula is C26H31ClFN3O4S. The van der Waals surface area contributed by atoms with Crippen LogP contribution in [0.1, 0.15) is 55.1 Å². The Labute approximate surface area is 220 Å². The fourth-order valence-electron chi connectivity index (χ4n) is 4.45. The van der Waals surface area contributed by atoms with E-state index in [1.54, 1.807) is 42.9 Å². The molecule has 2 aromatic rings. The molecule has 0 spiro atoms. The molecule has 0 amide bonds. The van der Waals surface area contributed by atoms with E-state index in [1.807, 2.05) is 11.0 Å². The molecule has 4 rings (SSSR count). The minimum absolute atomic E-state index is 0. The summed E-state index contributed by atoms with van der Waals surface area (Å²) in [5, 5.41) is 4.24. The summed E-state index contributed by atoms with van der Waals surface area (Å²) in [4.78, 5) is 39.2. The van der Waals surface area contributed by atoms with Crippen LogP contribution in [0.25, 0.3) is 0 Å². The molecule has 0 bridgehead atoms. The zero-order chi connectivity index (χ0) is 24.9. The van der Waals surface area contributed by atoms with Crippen molar-refractivity contribution < 1.29 is 23.5 Å². The van der Waals surface area contributed by atoms with Crippen molar-refractivity contribution >= 4 is 41.0 Å². The number of ether oxygens (including phenoxy) is 1. The molecule has 1 aromatic carbocycles. The minimum atomic E-state index is -0.643. The fraction of sp³-hybridized carbons (Fsp3) is 0.462. The van der Waals surface area contributed by atoms with Gasteiger partial charge >= 0.3 is 5.97 Å². The molecule has 0 radical (unpaired) electrons. The Morgan fingerprint density at radius 2 is 2.00 bits per heavy atom. The van der Waals surface area contributed by atoms with E-state index >= 15 is 0 Å². The second-order valence-electron chi connectivity index (χ2n) is 8.91. The molecule has 194 valence electrons. The van der Waals surface area contributed by atoms with Crippen molar-refractivity contribution in [3.05, 3.63) is 65.3 Å². The maximum absolute atomic E-state index is 14.8. The van der Waals surface area contributed by atoms with Crippen LogP contribution < -0.4 is 0 Å². The van der Waals surface area contributed by atoms with E-state index in [0.717, 1.165) is 18.4 Å². The Kier molecular flexibility index (Phi) is 9.87. The van der Waals surface area contributed by atoms with E-state index in [0.29, 0.717) is 37.2 Å². The van der Waals surface area contributed by atoms with Crippen molar-refractivity contribution in [1.29, 1.82) is 0 Å². The van der Waals surface area contributed by atoms with E-state index < -0.39 is 12.0 Å². The van der Waals surface area contributed by atoms with E-state index in [2.05, 4.69) is 5.10 Å². The van der Waals surface area contributed by atoms with Crippen LogP contribution in [-0.2, 0) is 20.9 Å². The standard InChI is InChI=1S/C26H30FN3O4S.ClH/c1-3-34-26(33)20-14-28-30(16-20)13-10-19-15-29(12-11-23(19)35-17(2)31)24(25(32)18-8-9-18)21-6-4-5-7-22(21)27;/h4-7,10,14,16,18,23-24H,3,8-9,11-13,15H2,1-2H3;1H/b19-10-;. The first kappa shape index (κ1) is 28.1. The molecule has 1 saturated carbocycles. The number of aromatic nitrogens is 2. The lowest BCUT2D eigenvalue weighted by molar-refractivity contribution is -0.126. The first-order valence-electron chi connectivity index (χ1n) is 11.9. The van der Waals surface area contributed by atoms with Crippen LogP contribution in [0.4, 0.5) is 4.39 Å². The number of likely N-dealkylation sites (tertiary alicyclic amines) is 1. The minimum Gasteiger partial charge on any atom is -0.462 e. The summed E-state index contributed by atoms with van der Waals surface area (Å²) in [5.74, 6) is -0.744. The van der Waals surface area contributed by atoms with Crippen molar-refractivity contribution in [3.8, 4) is 0 Å². The third-order valence-corrected chi connectivity index (χ3v) is 7.44. The predicted molar refractivity (Wildman–Crippen MR) is 139 cm³/mol. The molecule has 2 heterocycles. The zero-order valence-corrected chi connectivity index (χ0v) is 22.0. The van der Waals surface area contributed by atoms with Gasteiger partial charge in [0.25, 0.3) is 0 Å². The largest absolute Gasteiger partial charge is 0.462 e. The van der Waals surface area contributed by atoms with Crippen LogP contribution in [0.3, 0.4) is 0 Å². The number of halogens is 2. The lowest BCUT2D eigenvalue weighted by Gasteiger charge is -2.38. The number of benzene rings is 1. The molecule has 7 nitrogen and oxygen atoms in total. The maximum atomic E-state index is 14.8. The molecule has 0 N–H and O–H groups in total. The molecule has 1 aliphatic carbocycles. The normalized spacial score (nSPS) is 20.0. The van der Waals surface area contributed by atoms with Crippen molar-refractivity contribution in [1.82, 2.24) is 14.7 Å². The molecule has 1 saturated heterocycles. The van der Waals surface area contributed by atoms with Crippen molar-refractivity contribution in [2.75, 3.05) is 19.7 Å². The van der Waals surface area contributed by atoms with Crippen LogP contribution in [-0.4, -0.2) is 56.5 Å². The Balaban J connectivity index is 0.00000361. The number of carbonyl (C=O) groups is 3. The highest BCUT2D eigenvalue weighted by molar-refractivity contribution is 8.14. The first-order valence-corrected chi connectivity index (χ1v) is 12.8. The highest BCUT2D eigenvalue weighted by Gasteiger charge is 2.41. The summed E-state index contributed by atoms with van der Waals surface area (Å²) in [6.07, 6.45) is 7.47. The van der Waals surface area contributed by atoms with Crippen molar-refractivity contribution in [3.63, 3.8) is 0 Å². The van der Waals surface area contributed by atoms with Gasteiger partial charge in [0.05, 0.1) is 31.0 Å². The first-order chi connectivity index (χ1) is 16.9. The van der Waals surface area contributed by atoms with Crippen LogP contribution in [0.2, 0.25) is 0 Å². The number of thioether (sulfide) groups is 1. The Morgan fingerprint density at radius 3 is 2.67 bits per heavy atom. The topological polar surface area (TPSA) is 81.5 Å². The Bertz CT molecular complexity index is 1130. The highest BCUT2D eigenvalue weighted by Crippen LogP contribution is 2.40. The smallest absolute Gasteiger partial charge is 0.341 e. The molecule has 10 heteroatoms. The highest BCUT2D eigenvalue weighted by atomic mass is 35.5. The second-order valence-corrected chi connectivity index (χ2v) is 10.3. The number of hydrogen-bond acceptors (Lipinski definition) is 7. The lowest BCUT2D eigenvalue weighted by Crippen LogP contribution is -2.43. The number of Topliss-reactive ketones (excluding diaryl/α,β-unsaturated/α-hetero) is 1. The van der Waals surface area contributed by atoms with Gasteiger partial charge in [0.1, 0.15) is 5.82 Å². The number of allylic oxidation sites excluding steroid dienone is 1. The van der Waals surface area contributed by atoms with Crippen LogP contribution in [0.5, 0.6) is 0 Å². The van der Waals surface area contributed by atoms with Crippen LogP contribution >= 0.6 is 24.2 Å². The average molecular weight is 536 g/mol. The van der Waals surface area contributed by atoms with Gasteiger partial charge in [0, 0.05) is 42.9 Å². The van der Waals surface area contributed by atoms with Crippen LogP contribution in [0.15, 0.2) is 48.3 Å². The number of hydrogen-bond donors (Lipinski definition) is 0. The summed E-state index contributed by atoms with van der Waals surface area (Å²) >= 11 is 1.28. The summed E-state index contributed by atoms with van der Waals surface area (Å²) < 4.78 is 21.4. The van der Waals surface area contributed by atoms with E-state index in [9.17, 15) is 18.8 Å². The van der Waals surface area contributed by atoms with E-state index in [-0.39, 0.29) is 46.9 Å². The molecular weight excluding hydrogens is 505 g/mol. The van der Waals surface area contributed by atoms with Crippen LogP contribution in [0, 0.1) is 11.7 Å². The summed E-state index contributed by atoms with van der Waals surface area (Å²) in [7, 11) is 0. The van der Waals surface area contributed by atoms with Gasteiger partial charge in [-0.25, -0.2) is 9.18 Å². The maximum Gasteiger partial charge on any atom is 0.341 e. The summed E-state index contributed by atoms with van der Waals surface area (Å²) in [6, 6.07) is 5.85. The quantitative estimate of drug-likeness (QED) is 0.342. The predicted octanol–water partition coefficient (Wildman–Crippen LogP) is 4.62. The number of ketones is 1. The molecule has 2 fully saturated rings. The number of piperidine rings is 1. The SMILES string of the molecule is CCOC(=O)c1cnn(C/C=C2/CN(C(C(=O)C3CC3)c3ccccc3F)CCC2SC(C)=O)c1.Cl. The monoisotopic (exact) mass is 535 g/mol. The van der Waals surface area contributed by atoms with Crippen molar-refractivity contribution in [2.24, 2.45) is 5.92 Å². The Morgan fingerprint density at radius 1 is 1.25 bits per heavy atom. The zero-order valence-electron chi connectivity index (χ0n) is 20.4. The molecule has 1 aromatic heterocycles. The van der Waals surface area contributed by atoms with Gasteiger partial charge < -0.3 is 4.74 Å². The number of carbonyl (C=O) groups excluding carboxylic acids is 3. The molecule has 2 unspecified atom stereocenters. The average Bonchev–Trinajstić information content (AvgIpc) is 3.57. The summed E-state index contributed by atoms with van der Waals surface area (Å²) in [5.41, 5.74) is 1.78. The molecule has 2 aliphatic rings. The van der Waals surface area contributed by atoms with Gasteiger partial charge in [-0.1, -0.05) is 36.0 Å². The van der Waals surface area contributed by atoms with Gasteiger partial charge in [0.2, 0.25) is 0 Å². The molecule has 1 aliphatic heterocycles. The Hall–Kier alpha value is -2.49. The molecule has 36 heavy (non-hydrogen) atoms. The van der Waals surface area contributed by atoms with Gasteiger partial charge in [0.15, 0.2) is 10.9 Å². The lowest BCUT2D eigenvalue weighted by atomic mass is 9.93. The van der Waals surface area contributed by atoms with Crippen molar-refractivity contribution in [2.45, 2.75) is 50.9 Å². The third kappa shape index (κ3) is 6.83. The fourth-order valence-corrected chi connectivity index (χ4v) is 5.39. The van der Waals surface area contributed by atoms with Gasteiger partial charge in [-0.2, -0.15) is 5.10 Å². The molecule has 2 atom stereocenters. The van der Waals surface area contributed by atoms with Gasteiger partial charge in [-0.3, -0.25) is 19.2 Å². The second kappa shape index (κ2) is 12.7.